The molecule has 0 amide bonds. The Labute approximate surface area is 78.4 Å². The molecule has 0 bridgehead atoms. The van der Waals surface area contributed by atoms with Crippen molar-refractivity contribution in [2.75, 3.05) is 0 Å². The van der Waals surface area contributed by atoms with E-state index in [1.807, 2.05) is 6.20 Å². The second kappa shape index (κ2) is 2.84. The number of fused-ring (bicyclic) bond motifs is 1. The first-order valence-corrected chi connectivity index (χ1v) is 4.51. The summed E-state index contributed by atoms with van der Waals surface area (Å²) in [6, 6.07) is 6.48. The largest absolute Gasteiger partial charge is 0.256 e. The summed E-state index contributed by atoms with van der Waals surface area (Å²) < 4.78 is 0. The van der Waals surface area contributed by atoms with Gasteiger partial charge in [-0.25, -0.2) is 0 Å². The lowest BCUT2D eigenvalue weighted by Crippen LogP contribution is -1.87. The van der Waals surface area contributed by atoms with Crippen LogP contribution in [0.2, 0.25) is 0 Å². The molecule has 1 aromatic carbocycles. The predicted molar refractivity (Wildman–Crippen MR) is 56.0 cm³/mol. The van der Waals surface area contributed by atoms with Gasteiger partial charge in [0.05, 0.1) is 5.52 Å². The molecular formula is C12H13N. The van der Waals surface area contributed by atoms with Gasteiger partial charge in [-0.1, -0.05) is 12.1 Å². The third kappa shape index (κ3) is 1.31. The Hall–Kier alpha value is -1.37. The molecule has 1 aromatic heterocycles. The minimum atomic E-state index is 1.13. The molecule has 2 aromatic rings. The molecule has 0 spiro atoms. The van der Waals surface area contributed by atoms with Crippen molar-refractivity contribution in [3.8, 4) is 0 Å². The number of rotatable bonds is 0. The van der Waals surface area contributed by atoms with Gasteiger partial charge in [-0.15, -0.1) is 0 Å². The Balaban J connectivity index is 2.92. The van der Waals surface area contributed by atoms with Gasteiger partial charge in [0.2, 0.25) is 0 Å². The topological polar surface area (TPSA) is 12.9 Å². The van der Waals surface area contributed by atoms with Crippen LogP contribution in [0, 0.1) is 20.8 Å². The zero-order chi connectivity index (χ0) is 9.42. The highest BCUT2D eigenvalue weighted by atomic mass is 14.7. The molecular weight excluding hydrogens is 158 g/mol. The highest BCUT2D eigenvalue weighted by Gasteiger charge is 2.00. The van der Waals surface area contributed by atoms with Gasteiger partial charge in [0, 0.05) is 11.6 Å². The molecule has 0 radical (unpaired) electrons. The average molecular weight is 171 g/mol. The van der Waals surface area contributed by atoms with Crippen LogP contribution in [0.4, 0.5) is 0 Å². The van der Waals surface area contributed by atoms with Crippen LogP contribution in [-0.2, 0) is 0 Å². The zero-order valence-corrected chi connectivity index (χ0v) is 8.26. The number of hydrogen-bond acceptors (Lipinski definition) is 1. The maximum absolute atomic E-state index is 4.44. The van der Waals surface area contributed by atoms with Crippen molar-refractivity contribution < 1.29 is 0 Å². The van der Waals surface area contributed by atoms with Crippen molar-refractivity contribution in [1.82, 2.24) is 4.98 Å². The molecule has 0 aliphatic heterocycles. The fraction of sp³-hybridized carbons (Fsp3) is 0.250. The SMILES string of the molecule is Cc1cnc2c(C)ccc(C)c2c1. The monoisotopic (exact) mass is 171 g/mol. The van der Waals surface area contributed by atoms with Gasteiger partial charge in [-0.3, -0.25) is 4.98 Å². The van der Waals surface area contributed by atoms with Crippen LogP contribution in [0.25, 0.3) is 10.9 Å². The second-order valence-electron chi connectivity index (χ2n) is 3.61. The summed E-state index contributed by atoms with van der Waals surface area (Å²) in [5.41, 5.74) is 4.91. The van der Waals surface area contributed by atoms with Gasteiger partial charge in [0.25, 0.3) is 0 Å². The van der Waals surface area contributed by atoms with Crippen molar-refractivity contribution in [2.45, 2.75) is 20.8 Å². The lowest BCUT2D eigenvalue weighted by Gasteiger charge is -2.04. The molecule has 0 atom stereocenters. The quantitative estimate of drug-likeness (QED) is 0.593. The van der Waals surface area contributed by atoms with E-state index >= 15 is 0 Å². The highest BCUT2D eigenvalue weighted by molar-refractivity contribution is 5.85. The van der Waals surface area contributed by atoms with Gasteiger partial charge in [-0.2, -0.15) is 0 Å². The van der Waals surface area contributed by atoms with Crippen molar-refractivity contribution in [2.24, 2.45) is 0 Å². The van der Waals surface area contributed by atoms with Crippen LogP contribution < -0.4 is 0 Å². The summed E-state index contributed by atoms with van der Waals surface area (Å²) >= 11 is 0. The van der Waals surface area contributed by atoms with Crippen molar-refractivity contribution in [3.05, 3.63) is 41.1 Å². The lowest BCUT2D eigenvalue weighted by atomic mass is 10.0. The van der Waals surface area contributed by atoms with Gasteiger partial charge in [0.1, 0.15) is 0 Å². The molecule has 0 fully saturated rings. The van der Waals surface area contributed by atoms with Crippen LogP contribution in [0.1, 0.15) is 16.7 Å². The smallest absolute Gasteiger partial charge is 0.0733 e. The molecule has 0 saturated heterocycles. The first kappa shape index (κ1) is 8.24. The molecule has 0 aliphatic carbocycles. The molecule has 0 saturated carbocycles. The van der Waals surface area contributed by atoms with Gasteiger partial charge >= 0.3 is 0 Å². The Bertz CT molecular complexity index is 458. The molecule has 2 rings (SSSR count). The Kier molecular flexibility index (Phi) is 1.80. The molecule has 1 nitrogen and oxygen atoms in total. The third-order valence-corrected chi connectivity index (χ3v) is 2.41. The first-order valence-electron chi connectivity index (χ1n) is 4.51. The molecule has 1 heteroatoms. The maximum Gasteiger partial charge on any atom is 0.0733 e. The second-order valence-corrected chi connectivity index (χ2v) is 3.61. The van der Waals surface area contributed by atoms with E-state index in [2.05, 4.69) is 44.0 Å². The minimum Gasteiger partial charge on any atom is -0.256 e. The number of pyridine rings is 1. The van der Waals surface area contributed by atoms with E-state index in [4.69, 9.17) is 0 Å². The fourth-order valence-corrected chi connectivity index (χ4v) is 1.60. The Morgan fingerprint density at radius 1 is 1.00 bits per heavy atom. The number of aryl methyl sites for hydroxylation is 3. The van der Waals surface area contributed by atoms with E-state index in [1.165, 1.54) is 22.1 Å². The number of benzene rings is 1. The standard InChI is InChI=1S/C12H13N/c1-8-6-11-9(2)4-5-10(3)12(11)13-7-8/h4-7H,1-3H3. The van der Waals surface area contributed by atoms with Gasteiger partial charge in [-0.05, 0) is 43.5 Å². The Morgan fingerprint density at radius 3 is 2.46 bits per heavy atom. The first-order chi connectivity index (χ1) is 6.18. The summed E-state index contributed by atoms with van der Waals surface area (Å²) in [7, 11) is 0. The normalized spacial score (nSPS) is 10.7. The summed E-state index contributed by atoms with van der Waals surface area (Å²) in [5.74, 6) is 0. The average Bonchev–Trinajstić information content (AvgIpc) is 2.12. The molecule has 1 heterocycles. The van der Waals surface area contributed by atoms with Crippen molar-refractivity contribution >= 4 is 10.9 Å². The summed E-state index contributed by atoms with van der Waals surface area (Å²) in [6.45, 7) is 6.31. The van der Waals surface area contributed by atoms with E-state index in [1.54, 1.807) is 0 Å². The van der Waals surface area contributed by atoms with Crippen molar-refractivity contribution in [1.29, 1.82) is 0 Å². The molecule has 0 N–H and O–H groups in total. The number of hydrogen-bond donors (Lipinski definition) is 0. The molecule has 0 unspecified atom stereocenters. The lowest BCUT2D eigenvalue weighted by molar-refractivity contribution is 1.30. The van der Waals surface area contributed by atoms with Gasteiger partial charge < -0.3 is 0 Å². The highest BCUT2D eigenvalue weighted by Crippen LogP contribution is 2.20. The minimum absolute atomic E-state index is 1.13. The van der Waals surface area contributed by atoms with E-state index < -0.39 is 0 Å². The number of nitrogens with zero attached hydrogens (tertiary/aromatic N) is 1. The summed E-state index contributed by atoms with van der Waals surface area (Å²) in [5, 5.41) is 1.28. The van der Waals surface area contributed by atoms with E-state index in [9.17, 15) is 0 Å². The van der Waals surface area contributed by atoms with Crippen LogP contribution in [0.5, 0.6) is 0 Å². The summed E-state index contributed by atoms with van der Waals surface area (Å²) in [6.07, 6.45) is 1.93. The molecule has 13 heavy (non-hydrogen) atoms. The van der Waals surface area contributed by atoms with E-state index in [-0.39, 0.29) is 0 Å². The number of aromatic nitrogens is 1. The predicted octanol–water partition coefficient (Wildman–Crippen LogP) is 3.16. The van der Waals surface area contributed by atoms with Crippen molar-refractivity contribution in [3.63, 3.8) is 0 Å². The zero-order valence-electron chi connectivity index (χ0n) is 8.26. The van der Waals surface area contributed by atoms with Gasteiger partial charge in [0.15, 0.2) is 0 Å². The van der Waals surface area contributed by atoms with E-state index in [0.717, 1.165) is 5.52 Å². The molecule has 66 valence electrons. The van der Waals surface area contributed by atoms with Crippen LogP contribution in [-0.4, -0.2) is 4.98 Å². The summed E-state index contributed by atoms with van der Waals surface area (Å²) in [4.78, 5) is 4.44. The maximum atomic E-state index is 4.44. The van der Waals surface area contributed by atoms with Crippen LogP contribution >= 0.6 is 0 Å². The van der Waals surface area contributed by atoms with E-state index in [0.29, 0.717) is 0 Å². The fourth-order valence-electron chi connectivity index (χ4n) is 1.60. The van der Waals surface area contributed by atoms with Crippen LogP contribution in [0.3, 0.4) is 0 Å². The molecule has 0 aliphatic rings. The third-order valence-electron chi connectivity index (χ3n) is 2.41. The van der Waals surface area contributed by atoms with Crippen LogP contribution in [0.15, 0.2) is 24.4 Å². The Morgan fingerprint density at radius 2 is 1.69 bits per heavy atom.